The second-order valence-corrected chi connectivity index (χ2v) is 2.78. The SMILES string of the molecule is NC(=O)c1ccsc1CO. The molecule has 0 aliphatic heterocycles. The van der Waals surface area contributed by atoms with Crippen LogP contribution in [0.25, 0.3) is 0 Å². The lowest BCUT2D eigenvalue weighted by Crippen LogP contribution is -2.11. The van der Waals surface area contributed by atoms with Gasteiger partial charge in [0.1, 0.15) is 0 Å². The molecule has 0 unspecified atom stereocenters. The molecular weight excluding hydrogens is 150 g/mol. The van der Waals surface area contributed by atoms with Gasteiger partial charge in [0.15, 0.2) is 0 Å². The van der Waals surface area contributed by atoms with Crippen LogP contribution in [0.4, 0.5) is 0 Å². The zero-order valence-electron chi connectivity index (χ0n) is 5.20. The molecule has 0 atom stereocenters. The third kappa shape index (κ3) is 1.17. The molecule has 0 aromatic carbocycles. The molecule has 0 spiro atoms. The average Bonchev–Trinajstić information content (AvgIpc) is 2.33. The predicted molar refractivity (Wildman–Crippen MR) is 38.8 cm³/mol. The summed E-state index contributed by atoms with van der Waals surface area (Å²) in [6.45, 7) is -0.115. The van der Waals surface area contributed by atoms with E-state index >= 15 is 0 Å². The largest absolute Gasteiger partial charge is 0.391 e. The normalized spacial score (nSPS) is 9.70. The van der Waals surface area contributed by atoms with E-state index in [0.717, 1.165) is 0 Å². The molecule has 3 N–H and O–H groups in total. The number of amides is 1. The summed E-state index contributed by atoms with van der Waals surface area (Å²) in [6, 6.07) is 1.61. The summed E-state index contributed by atoms with van der Waals surface area (Å²) < 4.78 is 0. The molecule has 54 valence electrons. The van der Waals surface area contributed by atoms with Crippen LogP contribution < -0.4 is 5.73 Å². The van der Waals surface area contributed by atoms with Crippen molar-refractivity contribution in [3.05, 3.63) is 21.9 Å². The third-order valence-electron chi connectivity index (χ3n) is 1.15. The first-order chi connectivity index (χ1) is 4.75. The highest BCUT2D eigenvalue weighted by molar-refractivity contribution is 7.10. The standard InChI is InChI=1S/C6H7NO2S/c7-6(9)4-1-2-10-5(4)3-8/h1-2,8H,3H2,(H2,7,9). The molecule has 3 nitrogen and oxygen atoms in total. The molecule has 1 amide bonds. The van der Waals surface area contributed by atoms with Crippen molar-refractivity contribution in [2.75, 3.05) is 0 Å². The van der Waals surface area contributed by atoms with Crippen molar-refractivity contribution in [3.8, 4) is 0 Å². The molecule has 10 heavy (non-hydrogen) atoms. The zero-order valence-corrected chi connectivity index (χ0v) is 6.02. The number of primary amides is 1. The van der Waals surface area contributed by atoms with Crippen LogP contribution in [0.1, 0.15) is 15.2 Å². The second-order valence-electron chi connectivity index (χ2n) is 1.78. The molecule has 0 fully saturated rings. The van der Waals surface area contributed by atoms with Crippen molar-refractivity contribution in [2.24, 2.45) is 5.73 Å². The van der Waals surface area contributed by atoms with E-state index in [4.69, 9.17) is 10.8 Å². The Bertz CT molecular complexity index is 244. The van der Waals surface area contributed by atoms with E-state index < -0.39 is 5.91 Å². The van der Waals surface area contributed by atoms with E-state index in [9.17, 15) is 4.79 Å². The topological polar surface area (TPSA) is 63.3 Å². The summed E-state index contributed by atoms with van der Waals surface area (Å²) in [5, 5.41) is 10.4. The molecule has 0 bridgehead atoms. The Balaban J connectivity index is 3.01. The van der Waals surface area contributed by atoms with Crippen LogP contribution in [0, 0.1) is 0 Å². The first-order valence-corrected chi connectivity index (χ1v) is 3.60. The van der Waals surface area contributed by atoms with Crippen molar-refractivity contribution >= 4 is 17.2 Å². The van der Waals surface area contributed by atoms with Crippen LogP contribution >= 0.6 is 11.3 Å². The number of nitrogens with two attached hydrogens (primary N) is 1. The van der Waals surface area contributed by atoms with E-state index in [2.05, 4.69) is 0 Å². The van der Waals surface area contributed by atoms with Gasteiger partial charge < -0.3 is 10.8 Å². The highest BCUT2D eigenvalue weighted by Gasteiger charge is 2.06. The quantitative estimate of drug-likeness (QED) is 0.650. The van der Waals surface area contributed by atoms with Gasteiger partial charge in [0, 0.05) is 4.88 Å². The Hall–Kier alpha value is -0.870. The van der Waals surface area contributed by atoms with Gasteiger partial charge in [0.2, 0.25) is 5.91 Å². The van der Waals surface area contributed by atoms with E-state index in [0.29, 0.717) is 10.4 Å². The summed E-state index contributed by atoms with van der Waals surface area (Å²) in [5.41, 5.74) is 5.41. The third-order valence-corrected chi connectivity index (χ3v) is 2.06. The Morgan fingerprint density at radius 1 is 1.80 bits per heavy atom. The van der Waals surface area contributed by atoms with Gasteiger partial charge in [-0.25, -0.2) is 0 Å². The van der Waals surface area contributed by atoms with Gasteiger partial charge in [-0.1, -0.05) is 0 Å². The lowest BCUT2D eigenvalue weighted by atomic mass is 10.2. The number of carbonyl (C=O) groups excluding carboxylic acids is 1. The number of carbonyl (C=O) groups is 1. The van der Waals surface area contributed by atoms with Gasteiger partial charge in [0.25, 0.3) is 0 Å². The summed E-state index contributed by atoms with van der Waals surface area (Å²) in [5.74, 6) is -0.481. The zero-order chi connectivity index (χ0) is 7.56. The minimum absolute atomic E-state index is 0.115. The maximum Gasteiger partial charge on any atom is 0.249 e. The van der Waals surface area contributed by atoms with Gasteiger partial charge in [-0.2, -0.15) is 0 Å². The molecule has 0 aliphatic carbocycles. The number of rotatable bonds is 2. The van der Waals surface area contributed by atoms with Crippen molar-refractivity contribution in [3.63, 3.8) is 0 Å². The van der Waals surface area contributed by atoms with Crippen LogP contribution in [-0.2, 0) is 6.61 Å². The fraction of sp³-hybridized carbons (Fsp3) is 0.167. The molecule has 1 aromatic rings. The van der Waals surface area contributed by atoms with Crippen LogP contribution in [-0.4, -0.2) is 11.0 Å². The first-order valence-electron chi connectivity index (χ1n) is 2.72. The Morgan fingerprint density at radius 3 is 2.90 bits per heavy atom. The second kappa shape index (κ2) is 2.81. The number of hydrogen-bond acceptors (Lipinski definition) is 3. The number of hydrogen-bond donors (Lipinski definition) is 2. The molecule has 1 rings (SSSR count). The Morgan fingerprint density at radius 2 is 2.50 bits per heavy atom. The molecule has 4 heteroatoms. The van der Waals surface area contributed by atoms with Gasteiger partial charge in [-0.15, -0.1) is 11.3 Å². The first kappa shape index (κ1) is 7.24. The summed E-state index contributed by atoms with van der Waals surface area (Å²) in [7, 11) is 0. The highest BCUT2D eigenvalue weighted by Crippen LogP contribution is 2.15. The molecule has 1 heterocycles. The van der Waals surface area contributed by atoms with Crippen molar-refractivity contribution in [1.29, 1.82) is 0 Å². The minimum Gasteiger partial charge on any atom is -0.391 e. The molecule has 0 saturated heterocycles. The monoisotopic (exact) mass is 157 g/mol. The average molecular weight is 157 g/mol. The van der Waals surface area contributed by atoms with E-state index in [-0.39, 0.29) is 6.61 Å². The highest BCUT2D eigenvalue weighted by atomic mass is 32.1. The summed E-state index contributed by atoms with van der Waals surface area (Å²) in [6.07, 6.45) is 0. The van der Waals surface area contributed by atoms with Crippen LogP contribution in [0.15, 0.2) is 11.4 Å². The van der Waals surface area contributed by atoms with Crippen LogP contribution in [0.3, 0.4) is 0 Å². The van der Waals surface area contributed by atoms with Crippen LogP contribution in [0.2, 0.25) is 0 Å². The van der Waals surface area contributed by atoms with Crippen LogP contribution in [0.5, 0.6) is 0 Å². The lowest BCUT2D eigenvalue weighted by molar-refractivity contribution is 0.0998. The van der Waals surface area contributed by atoms with Gasteiger partial charge in [-0.05, 0) is 11.4 Å². The lowest BCUT2D eigenvalue weighted by Gasteiger charge is -1.92. The molecule has 0 saturated carbocycles. The fourth-order valence-corrected chi connectivity index (χ4v) is 1.42. The van der Waals surface area contributed by atoms with Gasteiger partial charge >= 0.3 is 0 Å². The molecular formula is C6H7NO2S. The summed E-state index contributed by atoms with van der Waals surface area (Å²) in [4.78, 5) is 11.2. The van der Waals surface area contributed by atoms with Crippen molar-refractivity contribution < 1.29 is 9.90 Å². The number of thiophene rings is 1. The van der Waals surface area contributed by atoms with Gasteiger partial charge in [-0.3, -0.25) is 4.79 Å². The molecule has 1 aromatic heterocycles. The molecule has 0 radical (unpaired) electrons. The Kier molecular flexibility index (Phi) is 2.03. The minimum atomic E-state index is -0.481. The summed E-state index contributed by atoms with van der Waals surface area (Å²) >= 11 is 1.33. The number of aliphatic hydroxyl groups excluding tert-OH is 1. The van der Waals surface area contributed by atoms with E-state index in [1.54, 1.807) is 11.4 Å². The smallest absolute Gasteiger partial charge is 0.249 e. The predicted octanol–water partition coefficient (Wildman–Crippen LogP) is 0.339. The van der Waals surface area contributed by atoms with E-state index in [1.807, 2.05) is 0 Å². The molecule has 0 aliphatic rings. The number of aliphatic hydroxyl groups is 1. The van der Waals surface area contributed by atoms with Gasteiger partial charge in [0.05, 0.1) is 12.2 Å². The van der Waals surface area contributed by atoms with Crippen molar-refractivity contribution in [2.45, 2.75) is 6.61 Å². The fourth-order valence-electron chi connectivity index (χ4n) is 0.683. The maximum absolute atomic E-state index is 10.6. The van der Waals surface area contributed by atoms with E-state index in [1.165, 1.54) is 11.3 Å². The van der Waals surface area contributed by atoms with Crippen molar-refractivity contribution in [1.82, 2.24) is 0 Å². The maximum atomic E-state index is 10.6. The Labute approximate surface area is 62.1 Å².